The van der Waals surface area contributed by atoms with Crippen LogP contribution in [0.3, 0.4) is 0 Å². The smallest absolute Gasteiger partial charge is 0.0234 e. The van der Waals surface area contributed by atoms with Crippen molar-refractivity contribution in [3.63, 3.8) is 0 Å². The van der Waals surface area contributed by atoms with Crippen LogP contribution in [0.1, 0.15) is 18.9 Å². The van der Waals surface area contributed by atoms with Crippen LogP contribution in [0.15, 0.2) is 28.7 Å². The van der Waals surface area contributed by atoms with Gasteiger partial charge in [0.15, 0.2) is 0 Å². The SMILES string of the molecule is CCNCC1CCN(Cc2cccc(Br)c2)C1. The van der Waals surface area contributed by atoms with E-state index in [-0.39, 0.29) is 0 Å². The Hall–Kier alpha value is -0.380. The zero-order valence-electron chi connectivity index (χ0n) is 10.5. The molecule has 0 spiro atoms. The second-order valence-electron chi connectivity index (χ2n) is 4.83. The molecule has 2 rings (SSSR count). The fourth-order valence-corrected chi connectivity index (χ4v) is 2.91. The van der Waals surface area contributed by atoms with E-state index in [0.717, 1.165) is 19.0 Å². The Morgan fingerprint density at radius 2 is 2.35 bits per heavy atom. The van der Waals surface area contributed by atoms with Crippen LogP contribution in [0, 0.1) is 5.92 Å². The van der Waals surface area contributed by atoms with Crippen LogP contribution < -0.4 is 5.32 Å². The van der Waals surface area contributed by atoms with Gasteiger partial charge in [-0.2, -0.15) is 0 Å². The van der Waals surface area contributed by atoms with Gasteiger partial charge in [0.2, 0.25) is 0 Å². The number of nitrogens with one attached hydrogen (secondary N) is 1. The monoisotopic (exact) mass is 296 g/mol. The minimum absolute atomic E-state index is 0.835. The van der Waals surface area contributed by atoms with Gasteiger partial charge in [-0.25, -0.2) is 0 Å². The van der Waals surface area contributed by atoms with E-state index in [2.05, 4.69) is 57.3 Å². The van der Waals surface area contributed by atoms with Crippen LogP contribution in [0.2, 0.25) is 0 Å². The maximum atomic E-state index is 3.53. The van der Waals surface area contributed by atoms with E-state index in [0.29, 0.717) is 0 Å². The molecule has 3 heteroatoms. The van der Waals surface area contributed by atoms with Crippen molar-refractivity contribution >= 4 is 15.9 Å². The van der Waals surface area contributed by atoms with Gasteiger partial charge in [0.25, 0.3) is 0 Å². The molecule has 0 aliphatic carbocycles. The standard InChI is InChI=1S/C14H21BrN2/c1-2-16-9-13-6-7-17(11-13)10-12-4-3-5-14(15)8-12/h3-5,8,13,16H,2,6-7,9-11H2,1H3. The average Bonchev–Trinajstić information content (AvgIpc) is 2.74. The Bertz CT molecular complexity index is 354. The van der Waals surface area contributed by atoms with Crippen LogP contribution in [-0.4, -0.2) is 31.1 Å². The summed E-state index contributed by atoms with van der Waals surface area (Å²) in [5.74, 6) is 0.835. The number of likely N-dealkylation sites (tertiary alicyclic amines) is 1. The molecule has 17 heavy (non-hydrogen) atoms. The summed E-state index contributed by atoms with van der Waals surface area (Å²) in [7, 11) is 0. The number of halogens is 1. The first-order valence-electron chi connectivity index (χ1n) is 6.45. The van der Waals surface area contributed by atoms with Gasteiger partial charge in [0.1, 0.15) is 0 Å². The van der Waals surface area contributed by atoms with Crippen molar-refractivity contribution in [1.82, 2.24) is 10.2 Å². The number of nitrogens with zero attached hydrogens (tertiary/aromatic N) is 1. The van der Waals surface area contributed by atoms with Gasteiger partial charge < -0.3 is 5.32 Å². The highest BCUT2D eigenvalue weighted by Gasteiger charge is 2.21. The lowest BCUT2D eigenvalue weighted by atomic mass is 10.1. The summed E-state index contributed by atoms with van der Waals surface area (Å²) in [6, 6.07) is 8.63. The lowest BCUT2D eigenvalue weighted by Gasteiger charge is -2.16. The molecular formula is C14H21BrN2. The highest BCUT2D eigenvalue weighted by Crippen LogP contribution is 2.19. The number of rotatable bonds is 5. The molecule has 1 heterocycles. The topological polar surface area (TPSA) is 15.3 Å². The Morgan fingerprint density at radius 1 is 1.47 bits per heavy atom. The molecule has 1 atom stereocenters. The van der Waals surface area contributed by atoms with Gasteiger partial charge >= 0.3 is 0 Å². The first kappa shape index (κ1) is 13.1. The Morgan fingerprint density at radius 3 is 3.12 bits per heavy atom. The molecule has 0 aromatic heterocycles. The second kappa shape index (κ2) is 6.53. The molecule has 1 aromatic carbocycles. The van der Waals surface area contributed by atoms with E-state index < -0.39 is 0 Å². The van der Waals surface area contributed by atoms with E-state index in [4.69, 9.17) is 0 Å². The van der Waals surface area contributed by atoms with Crippen molar-refractivity contribution in [3.05, 3.63) is 34.3 Å². The number of hydrogen-bond donors (Lipinski definition) is 1. The number of benzene rings is 1. The molecule has 0 bridgehead atoms. The molecule has 0 amide bonds. The molecule has 0 saturated carbocycles. The van der Waals surface area contributed by atoms with Crippen molar-refractivity contribution < 1.29 is 0 Å². The largest absolute Gasteiger partial charge is 0.317 e. The number of hydrogen-bond acceptors (Lipinski definition) is 2. The molecule has 0 radical (unpaired) electrons. The van der Waals surface area contributed by atoms with Crippen LogP contribution in [0.5, 0.6) is 0 Å². The molecule has 1 saturated heterocycles. The maximum absolute atomic E-state index is 3.53. The van der Waals surface area contributed by atoms with Crippen molar-refractivity contribution in [2.24, 2.45) is 5.92 Å². The summed E-state index contributed by atoms with van der Waals surface area (Å²) in [4.78, 5) is 2.56. The van der Waals surface area contributed by atoms with Crippen LogP contribution in [0.4, 0.5) is 0 Å². The third-order valence-electron chi connectivity index (χ3n) is 3.35. The minimum atomic E-state index is 0.835. The van der Waals surface area contributed by atoms with Gasteiger partial charge in [-0.05, 0) is 49.7 Å². The summed E-state index contributed by atoms with van der Waals surface area (Å²) < 4.78 is 1.18. The Balaban J connectivity index is 1.81. The Labute approximate surface area is 113 Å². The fraction of sp³-hybridized carbons (Fsp3) is 0.571. The van der Waals surface area contributed by atoms with Gasteiger partial charge in [-0.1, -0.05) is 35.0 Å². The van der Waals surface area contributed by atoms with E-state index in [1.165, 1.54) is 36.1 Å². The lowest BCUT2D eigenvalue weighted by Crippen LogP contribution is -2.26. The Kier molecular flexibility index (Phi) is 5.01. The zero-order chi connectivity index (χ0) is 12.1. The predicted molar refractivity (Wildman–Crippen MR) is 76.1 cm³/mol. The maximum Gasteiger partial charge on any atom is 0.0234 e. The second-order valence-corrected chi connectivity index (χ2v) is 5.74. The first-order valence-corrected chi connectivity index (χ1v) is 7.24. The molecule has 1 aliphatic heterocycles. The normalized spacial score (nSPS) is 20.9. The van der Waals surface area contributed by atoms with Crippen LogP contribution in [-0.2, 0) is 6.54 Å². The summed E-state index contributed by atoms with van der Waals surface area (Å²) in [5, 5.41) is 3.45. The summed E-state index contributed by atoms with van der Waals surface area (Å²) in [5.41, 5.74) is 1.41. The van der Waals surface area contributed by atoms with E-state index in [1.807, 2.05) is 0 Å². The molecular weight excluding hydrogens is 276 g/mol. The highest BCUT2D eigenvalue weighted by molar-refractivity contribution is 9.10. The quantitative estimate of drug-likeness (QED) is 0.899. The van der Waals surface area contributed by atoms with Crippen LogP contribution >= 0.6 is 15.9 Å². The predicted octanol–water partition coefficient (Wildman–Crippen LogP) is 2.88. The molecule has 2 nitrogen and oxygen atoms in total. The molecule has 94 valence electrons. The van der Waals surface area contributed by atoms with Crippen molar-refractivity contribution in [2.45, 2.75) is 19.9 Å². The van der Waals surface area contributed by atoms with Crippen molar-refractivity contribution in [3.8, 4) is 0 Å². The fourth-order valence-electron chi connectivity index (χ4n) is 2.47. The first-order chi connectivity index (χ1) is 8.28. The van der Waals surface area contributed by atoms with Gasteiger partial charge in [-0.15, -0.1) is 0 Å². The summed E-state index contributed by atoms with van der Waals surface area (Å²) in [6.07, 6.45) is 1.33. The summed E-state index contributed by atoms with van der Waals surface area (Å²) in [6.45, 7) is 7.99. The molecule has 1 unspecified atom stereocenters. The van der Waals surface area contributed by atoms with Crippen LogP contribution in [0.25, 0.3) is 0 Å². The lowest BCUT2D eigenvalue weighted by molar-refractivity contribution is 0.314. The van der Waals surface area contributed by atoms with Crippen molar-refractivity contribution in [1.29, 1.82) is 0 Å². The van der Waals surface area contributed by atoms with E-state index in [9.17, 15) is 0 Å². The molecule has 1 fully saturated rings. The molecule has 1 aliphatic rings. The third kappa shape index (κ3) is 4.09. The minimum Gasteiger partial charge on any atom is -0.317 e. The highest BCUT2D eigenvalue weighted by atomic mass is 79.9. The molecule has 1 aromatic rings. The van der Waals surface area contributed by atoms with Gasteiger partial charge in [-0.3, -0.25) is 4.90 Å². The van der Waals surface area contributed by atoms with Gasteiger partial charge in [0, 0.05) is 17.6 Å². The van der Waals surface area contributed by atoms with Gasteiger partial charge in [0.05, 0.1) is 0 Å². The van der Waals surface area contributed by atoms with E-state index in [1.54, 1.807) is 0 Å². The van der Waals surface area contributed by atoms with Crippen molar-refractivity contribution in [2.75, 3.05) is 26.2 Å². The molecule has 1 N–H and O–H groups in total. The van der Waals surface area contributed by atoms with E-state index >= 15 is 0 Å². The average molecular weight is 297 g/mol. The zero-order valence-corrected chi connectivity index (χ0v) is 12.0. The third-order valence-corrected chi connectivity index (χ3v) is 3.84. The summed E-state index contributed by atoms with van der Waals surface area (Å²) >= 11 is 3.53.